The molecule has 1 heterocycles. The molecular formula is C15H14ClN3O2. The van der Waals surface area contributed by atoms with Gasteiger partial charge in [-0.3, -0.25) is 10.1 Å². The number of anilines is 1. The van der Waals surface area contributed by atoms with E-state index in [-0.39, 0.29) is 5.69 Å². The number of hydrogen-bond donors (Lipinski definition) is 1. The third-order valence-corrected chi connectivity index (χ3v) is 3.81. The maximum absolute atomic E-state index is 10.6. The second kappa shape index (κ2) is 5.69. The number of nitro groups is 1. The number of hydrogen-bond acceptors (Lipinski definition) is 4. The van der Waals surface area contributed by atoms with E-state index in [1.54, 1.807) is 6.07 Å². The molecule has 0 aliphatic heterocycles. The van der Waals surface area contributed by atoms with E-state index in [9.17, 15) is 10.1 Å². The molecule has 0 saturated heterocycles. The fourth-order valence-electron chi connectivity index (χ4n) is 2.06. The third-order valence-electron chi connectivity index (χ3n) is 3.50. The summed E-state index contributed by atoms with van der Waals surface area (Å²) in [7, 11) is 0. The Kier molecular flexibility index (Phi) is 3.75. The van der Waals surface area contributed by atoms with Crippen molar-refractivity contribution < 1.29 is 4.92 Å². The van der Waals surface area contributed by atoms with Gasteiger partial charge in [-0.2, -0.15) is 0 Å². The maximum atomic E-state index is 10.6. The summed E-state index contributed by atoms with van der Waals surface area (Å²) in [5.74, 6) is 0.775. The fraction of sp³-hybridized carbons (Fsp3) is 0.267. The number of aromatic nitrogens is 1. The number of nitrogens with zero attached hydrogens (tertiary/aromatic N) is 2. The van der Waals surface area contributed by atoms with Crippen molar-refractivity contribution in [2.45, 2.75) is 12.8 Å². The van der Waals surface area contributed by atoms with Gasteiger partial charge in [-0.1, -0.05) is 17.7 Å². The highest BCUT2D eigenvalue weighted by molar-refractivity contribution is 6.33. The molecule has 0 radical (unpaired) electrons. The Balaban J connectivity index is 1.78. The van der Waals surface area contributed by atoms with Crippen LogP contribution < -0.4 is 5.32 Å². The minimum absolute atomic E-state index is 0.0208. The van der Waals surface area contributed by atoms with Gasteiger partial charge in [0.15, 0.2) is 0 Å². The molecule has 3 rings (SSSR count). The molecule has 21 heavy (non-hydrogen) atoms. The summed E-state index contributed by atoms with van der Waals surface area (Å²) in [4.78, 5) is 14.3. The average Bonchev–Trinajstić information content (AvgIpc) is 3.30. The van der Waals surface area contributed by atoms with Crippen molar-refractivity contribution in [3.8, 4) is 11.3 Å². The van der Waals surface area contributed by atoms with Crippen LogP contribution in [0.15, 0.2) is 36.5 Å². The van der Waals surface area contributed by atoms with Gasteiger partial charge in [0.05, 0.1) is 21.3 Å². The van der Waals surface area contributed by atoms with Gasteiger partial charge < -0.3 is 5.32 Å². The summed E-state index contributed by atoms with van der Waals surface area (Å²) < 4.78 is 0. The van der Waals surface area contributed by atoms with Crippen LogP contribution in [0.2, 0.25) is 5.02 Å². The van der Waals surface area contributed by atoms with Crippen molar-refractivity contribution in [3.63, 3.8) is 0 Å². The van der Waals surface area contributed by atoms with Crippen molar-refractivity contribution in [1.82, 2.24) is 4.98 Å². The van der Waals surface area contributed by atoms with Crippen molar-refractivity contribution >= 4 is 23.0 Å². The van der Waals surface area contributed by atoms with Crippen LogP contribution in [0.25, 0.3) is 11.3 Å². The summed E-state index contributed by atoms with van der Waals surface area (Å²) in [6.07, 6.45) is 3.83. The number of pyridine rings is 1. The smallest absolute Gasteiger partial charge is 0.287 e. The van der Waals surface area contributed by atoms with Gasteiger partial charge in [0.1, 0.15) is 6.20 Å². The van der Waals surface area contributed by atoms with Crippen molar-refractivity contribution in [2.75, 3.05) is 11.9 Å². The first-order chi connectivity index (χ1) is 10.1. The van der Waals surface area contributed by atoms with Crippen LogP contribution in [0.5, 0.6) is 0 Å². The Morgan fingerprint density at radius 3 is 2.71 bits per heavy atom. The normalized spacial score (nSPS) is 14.0. The molecule has 1 N–H and O–H groups in total. The van der Waals surface area contributed by atoms with Crippen LogP contribution in [-0.4, -0.2) is 16.5 Å². The first-order valence-corrected chi connectivity index (χ1v) is 7.15. The summed E-state index contributed by atoms with van der Waals surface area (Å²) in [6.45, 7) is 0.953. The van der Waals surface area contributed by atoms with E-state index < -0.39 is 4.92 Å². The van der Waals surface area contributed by atoms with Gasteiger partial charge in [0.25, 0.3) is 5.69 Å². The van der Waals surface area contributed by atoms with E-state index in [1.807, 2.05) is 18.2 Å². The van der Waals surface area contributed by atoms with E-state index >= 15 is 0 Å². The first-order valence-electron chi connectivity index (χ1n) is 6.78. The molecule has 0 spiro atoms. The predicted molar refractivity (Wildman–Crippen MR) is 82.6 cm³/mol. The minimum atomic E-state index is -0.464. The third kappa shape index (κ3) is 3.31. The molecule has 0 unspecified atom stereocenters. The van der Waals surface area contributed by atoms with Crippen LogP contribution in [0.1, 0.15) is 12.8 Å². The van der Waals surface area contributed by atoms with Crippen LogP contribution in [0.3, 0.4) is 0 Å². The molecule has 0 amide bonds. The predicted octanol–water partition coefficient (Wildman–Crippen LogP) is 4.13. The standard InChI is InChI=1S/C15H14ClN3O2/c16-13-7-11(3-5-15(13)17-8-10-1-2-10)14-6-4-12(9-18-14)19(20)21/h3-7,9-10,17H,1-2,8H2. The Hall–Kier alpha value is -2.14. The largest absolute Gasteiger partial charge is 0.384 e. The van der Waals surface area contributed by atoms with Gasteiger partial charge in [0.2, 0.25) is 0 Å². The molecule has 1 saturated carbocycles. The molecule has 1 aromatic heterocycles. The van der Waals surface area contributed by atoms with E-state index in [4.69, 9.17) is 11.6 Å². The van der Waals surface area contributed by atoms with Crippen LogP contribution in [0, 0.1) is 16.0 Å². The van der Waals surface area contributed by atoms with Gasteiger partial charge in [-0.15, -0.1) is 0 Å². The minimum Gasteiger partial charge on any atom is -0.384 e. The van der Waals surface area contributed by atoms with Crippen molar-refractivity contribution in [2.24, 2.45) is 5.92 Å². The topological polar surface area (TPSA) is 68.1 Å². The van der Waals surface area contributed by atoms with Gasteiger partial charge in [-0.25, -0.2) is 4.98 Å². The molecule has 1 fully saturated rings. The zero-order valence-corrected chi connectivity index (χ0v) is 12.0. The summed E-state index contributed by atoms with van der Waals surface area (Å²) in [5.41, 5.74) is 2.39. The SMILES string of the molecule is O=[N+]([O-])c1ccc(-c2ccc(NCC3CC3)c(Cl)c2)nc1. The molecule has 1 aliphatic carbocycles. The molecular weight excluding hydrogens is 290 g/mol. The average molecular weight is 304 g/mol. The highest BCUT2D eigenvalue weighted by Gasteiger charge is 2.20. The first kappa shape index (κ1) is 13.8. The van der Waals surface area contributed by atoms with E-state index in [2.05, 4.69) is 10.3 Å². The van der Waals surface area contributed by atoms with Crippen molar-refractivity contribution in [1.29, 1.82) is 0 Å². The second-order valence-electron chi connectivity index (χ2n) is 5.18. The van der Waals surface area contributed by atoms with Crippen LogP contribution in [-0.2, 0) is 0 Å². The summed E-state index contributed by atoms with van der Waals surface area (Å²) in [6, 6.07) is 8.72. The van der Waals surface area contributed by atoms with E-state index in [0.717, 1.165) is 23.7 Å². The Morgan fingerprint density at radius 1 is 1.33 bits per heavy atom. The number of nitrogens with one attached hydrogen (secondary N) is 1. The maximum Gasteiger partial charge on any atom is 0.287 e. The van der Waals surface area contributed by atoms with Crippen molar-refractivity contribution in [3.05, 3.63) is 51.7 Å². The fourth-order valence-corrected chi connectivity index (χ4v) is 2.31. The van der Waals surface area contributed by atoms with E-state index in [0.29, 0.717) is 10.7 Å². The lowest BCUT2D eigenvalue weighted by atomic mass is 10.1. The van der Waals surface area contributed by atoms with Crippen LogP contribution in [0.4, 0.5) is 11.4 Å². The van der Waals surface area contributed by atoms with Gasteiger partial charge in [0, 0.05) is 18.2 Å². The number of rotatable bonds is 5. The Labute approximate surface area is 127 Å². The number of benzene rings is 1. The lowest BCUT2D eigenvalue weighted by molar-refractivity contribution is -0.385. The molecule has 2 aromatic rings. The lowest BCUT2D eigenvalue weighted by Crippen LogP contribution is -2.03. The molecule has 5 nitrogen and oxygen atoms in total. The molecule has 0 atom stereocenters. The summed E-state index contributed by atoms with van der Waals surface area (Å²) in [5, 5.41) is 14.6. The molecule has 6 heteroatoms. The molecule has 108 valence electrons. The lowest BCUT2D eigenvalue weighted by Gasteiger charge is -2.09. The zero-order valence-electron chi connectivity index (χ0n) is 11.3. The second-order valence-corrected chi connectivity index (χ2v) is 5.58. The monoisotopic (exact) mass is 303 g/mol. The molecule has 0 bridgehead atoms. The highest BCUT2D eigenvalue weighted by atomic mass is 35.5. The summed E-state index contributed by atoms with van der Waals surface area (Å²) >= 11 is 6.27. The number of halogens is 1. The Bertz CT molecular complexity index is 669. The Morgan fingerprint density at radius 2 is 2.14 bits per heavy atom. The van der Waals surface area contributed by atoms with Gasteiger partial charge >= 0.3 is 0 Å². The van der Waals surface area contributed by atoms with Gasteiger partial charge in [-0.05, 0) is 37.0 Å². The van der Waals surface area contributed by atoms with E-state index in [1.165, 1.54) is 25.1 Å². The molecule has 1 aromatic carbocycles. The van der Waals surface area contributed by atoms with Crippen LogP contribution >= 0.6 is 11.6 Å². The quantitative estimate of drug-likeness (QED) is 0.666. The molecule has 1 aliphatic rings. The highest BCUT2D eigenvalue weighted by Crippen LogP contribution is 2.32. The zero-order chi connectivity index (χ0) is 14.8.